The second-order valence-electron chi connectivity index (χ2n) is 9.56. The topological polar surface area (TPSA) is 104 Å². The Balaban J connectivity index is 1.35. The summed E-state index contributed by atoms with van der Waals surface area (Å²) < 4.78 is 56.1. The summed E-state index contributed by atoms with van der Waals surface area (Å²) in [5, 5.41) is 3.19. The number of halogens is 1. The molecule has 1 aliphatic rings. The summed E-state index contributed by atoms with van der Waals surface area (Å²) in [4.78, 5) is 13.4. The Kier molecular flexibility index (Phi) is 8.46. The number of hydrogen-bond donors (Lipinski definition) is 1. The number of sulfonamides is 2. The second-order valence-corrected chi connectivity index (χ2v) is 13.8. The largest absolute Gasteiger partial charge is 0.325 e. The van der Waals surface area contributed by atoms with Crippen molar-refractivity contribution < 1.29 is 21.6 Å². The van der Waals surface area contributed by atoms with Gasteiger partial charge in [-0.25, -0.2) is 16.8 Å². The van der Waals surface area contributed by atoms with E-state index in [1.165, 1.54) is 40.7 Å². The fourth-order valence-corrected chi connectivity index (χ4v) is 7.74. The zero-order chi connectivity index (χ0) is 29.0. The van der Waals surface area contributed by atoms with Crippen LogP contribution < -0.4 is 9.62 Å². The van der Waals surface area contributed by atoms with E-state index < -0.39 is 32.5 Å². The van der Waals surface area contributed by atoms with Crippen molar-refractivity contribution in [2.75, 3.05) is 29.3 Å². The molecule has 11 heteroatoms. The highest BCUT2D eigenvalue weighted by atomic mass is 35.5. The predicted octanol–water partition coefficient (Wildman–Crippen LogP) is 4.96. The van der Waals surface area contributed by atoms with Crippen molar-refractivity contribution in [3.05, 3.63) is 119 Å². The molecule has 0 fully saturated rings. The van der Waals surface area contributed by atoms with Gasteiger partial charge in [0.1, 0.15) is 0 Å². The Morgan fingerprint density at radius 3 is 2.17 bits per heavy atom. The lowest BCUT2D eigenvalue weighted by molar-refractivity contribution is -0.116. The van der Waals surface area contributed by atoms with E-state index in [2.05, 4.69) is 5.32 Å². The number of nitrogens with zero attached hydrogens (tertiary/aromatic N) is 2. The number of rotatable bonds is 10. The first kappa shape index (κ1) is 28.8. The van der Waals surface area contributed by atoms with Crippen molar-refractivity contribution in [3.8, 4) is 0 Å². The fraction of sp³-hybridized carbons (Fsp3) is 0.167. The normalized spacial score (nSPS) is 13.3. The Morgan fingerprint density at radius 2 is 1.49 bits per heavy atom. The SMILES string of the molecule is O=C(CN(CCc1ccccc1)S(=O)(=O)c1ccccc1)Nc1ccc2c(c1)N(S(=O)(=O)c1ccc(Cl)cc1)CC2. The van der Waals surface area contributed by atoms with E-state index in [-0.39, 0.29) is 22.9 Å². The maximum Gasteiger partial charge on any atom is 0.264 e. The van der Waals surface area contributed by atoms with Crippen molar-refractivity contribution in [3.63, 3.8) is 0 Å². The number of carbonyl (C=O) groups excluding carboxylic acids is 1. The molecule has 4 aromatic rings. The molecule has 0 spiro atoms. The highest BCUT2D eigenvalue weighted by Gasteiger charge is 2.31. The Morgan fingerprint density at radius 1 is 0.829 bits per heavy atom. The van der Waals surface area contributed by atoms with Gasteiger partial charge in [-0.15, -0.1) is 0 Å². The average molecular weight is 610 g/mol. The summed E-state index contributed by atoms with van der Waals surface area (Å²) in [7, 11) is -7.80. The third-order valence-corrected chi connectivity index (χ3v) is 10.8. The van der Waals surface area contributed by atoms with Gasteiger partial charge in [0.25, 0.3) is 10.0 Å². The number of nitrogens with one attached hydrogen (secondary N) is 1. The van der Waals surface area contributed by atoms with Crippen LogP contribution in [0.4, 0.5) is 11.4 Å². The number of hydrogen-bond acceptors (Lipinski definition) is 5. The van der Waals surface area contributed by atoms with Gasteiger partial charge in [0.05, 0.1) is 22.0 Å². The first-order valence-electron chi connectivity index (χ1n) is 12.9. The first-order chi connectivity index (χ1) is 19.6. The van der Waals surface area contributed by atoms with E-state index in [0.717, 1.165) is 15.4 Å². The molecule has 1 heterocycles. The van der Waals surface area contributed by atoms with E-state index in [9.17, 15) is 21.6 Å². The van der Waals surface area contributed by atoms with Crippen molar-refractivity contribution in [1.29, 1.82) is 0 Å². The van der Waals surface area contributed by atoms with E-state index in [4.69, 9.17) is 11.6 Å². The Labute approximate surface area is 245 Å². The lowest BCUT2D eigenvalue weighted by Gasteiger charge is -2.22. The van der Waals surface area contributed by atoms with Crippen LogP contribution in [0.3, 0.4) is 0 Å². The molecule has 0 radical (unpaired) electrons. The number of amides is 1. The Hall–Kier alpha value is -3.70. The molecule has 0 saturated carbocycles. The molecule has 0 bridgehead atoms. The number of anilines is 2. The van der Waals surface area contributed by atoms with Crippen LogP contribution in [0.25, 0.3) is 0 Å². The van der Waals surface area contributed by atoms with Crippen LogP contribution in [0.15, 0.2) is 113 Å². The lowest BCUT2D eigenvalue weighted by atomic mass is 10.1. The van der Waals surface area contributed by atoms with Crippen molar-refractivity contribution in [2.24, 2.45) is 0 Å². The summed E-state index contributed by atoms with van der Waals surface area (Å²) in [5.41, 5.74) is 2.61. The monoisotopic (exact) mass is 609 g/mol. The van der Waals surface area contributed by atoms with Gasteiger partial charge in [0, 0.05) is 23.8 Å². The molecule has 1 amide bonds. The maximum atomic E-state index is 13.5. The predicted molar refractivity (Wildman–Crippen MR) is 160 cm³/mol. The average Bonchev–Trinajstić information content (AvgIpc) is 3.40. The van der Waals surface area contributed by atoms with Crippen LogP contribution in [-0.2, 0) is 37.7 Å². The van der Waals surface area contributed by atoms with E-state index in [0.29, 0.717) is 29.2 Å². The zero-order valence-corrected chi connectivity index (χ0v) is 24.4. The van der Waals surface area contributed by atoms with Crippen LogP contribution in [0, 0.1) is 0 Å². The molecule has 5 rings (SSSR count). The van der Waals surface area contributed by atoms with E-state index >= 15 is 0 Å². The van der Waals surface area contributed by atoms with Crippen molar-refractivity contribution in [2.45, 2.75) is 22.6 Å². The molecule has 212 valence electrons. The minimum Gasteiger partial charge on any atom is -0.325 e. The van der Waals surface area contributed by atoms with Gasteiger partial charge in [-0.2, -0.15) is 4.31 Å². The molecule has 0 aliphatic carbocycles. The van der Waals surface area contributed by atoms with E-state index in [1.807, 2.05) is 30.3 Å². The minimum absolute atomic E-state index is 0.0986. The van der Waals surface area contributed by atoms with E-state index in [1.54, 1.807) is 36.4 Å². The molecule has 41 heavy (non-hydrogen) atoms. The van der Waals surface area contributed by atoms with Crippen LogP contribution in [0.2, 0.25) is 5.02 Å². The molecule has 1 N–H and O–H groups in total. The summed E-state index contributed by atoms with van der Waals surface area (Å²) >= 11 is 5.93. The highest BCUT2D eigenvalue weighted by Crippen LogP contribution is 2.35. The molecular weight excluding hydrogens is 582 g/mol. The smallest absolute Gasteiger partial charge is 0.264 e. The van der Waals surface area contributed by atoms with Crippen LogP contribution >= 0.6 is 11.6 Å². The number of carbonyl (C=O) groups is 1. The van der Waals surface area contributed by atoms with Crippen molar-refractivity contribution >= 4 is 48.9 Å². The number of fused-ring (bicyclic) bond motifs is 1. The van der Waals surface area contributed by atoms with Crippen LogP contribution in [0.1, 0.15) is 11.1 Å². The summed E-state index contributed by atoms with van der Waals surface area (Å²) in [6, 6.07) is 28.5. The molecule has 0 saturated heterocycles. The van der Waals surface area contributed by atoms with Crippen LogP contribution in [-0.4, -0.2) is 46.7 Å². The molecule has 0 atom stereocenters. The molecule has 8 nitrogen and oxygen atoms in total. The highest BCUT2D eigenvalue weighted by molar-refractivity contribution is 7.92. The minimum atomic E-state index is -3.95. The summed E-state index contributed by atoms with van der Waals surface area (Å²) in [6.45, 7) is -0.0415. The van der Waals surface area contributed by atoms with Gasteiger partial charge in [-0.3, -0.25) is 9.10 Å². The van der Waals surface area contributed by atoms with Gasteiger partial charge in [0.2, 0.25) is 15.9 Å². The lowest BCUT2D eigenvalue weighted by Crippen LogP contribution is -2.39. The third kappa shape index (κ3) is 6.46. The first-order valence-corrected chi connectivity index (χ1v) is 16.2. The van der Waals surface area contributed by atoms with Crippen molar-refractivity contribution in [1.82, 2.24) is 4.31 Å². The molecule has 1 aliphatic heterocycles. The van der Waals surface area contributed by atoms with Gasteiger partial charge in [-0.1, -0.05) is 66.2 Å². The third-order valence-electron chi connectivity index (χ3n) is 6.82. The summed E-state index contributed by atoms with van der Waals surface area (Å²) in [5.74, 6) is -0.539. The molecule has 0 aromatic heterocycles. The molecular formula is C30H28ClN3O5S2. The van der Waals surface area contributed by atoms with Gasteiger partial charge < -0.3 is 5.32 Å². The molecule has 4 aromatic carbocycles. The zero-order valence-electron chi connectivity index (χ0n) is 22.0. The van der Waals surface area contributed by atoms with Crippen LogP contribution in [0.5, 0.6) is 0 Å². The van der Waals surface area contributed by atoms with Gasteiger partial charge in [-0.05, 0) is 72.5 Å². The van der Waals surface area contributed by atoms with Gasteiger partial charge >= 0.3 is 0 Å². The molecule has 0 unspecified atom stereocenters. The quantitative estimate of drug-likeness (QED) is 0.274. The van der Waals surface area contributed by atoms with Gasteiger partial charge in [0.15, 0.2) is 0 Å². The fourth-order valence-electron chi connectivity index (χ4n) is 4.70. The summed E-state index contributed by atoms with van der Waals surface area (Å²) in [6.07, 6.45) is 0.954. The Bertz CT molecular complexity index is 1750. The standard InChI is InChI=1S/C30H28ClN3O5S2/c31-25-12-15-28(16-13-25)41(38,39)34-20-18-24-11-14-26(21-29(24)34)32-30(35)22-33(19-17-23-7-3-1-4-8-23)40(36,37)27-9-5-2-6-10-27/h1-16,21H,17-20,22H2,(H,32,35). The number of benzene rings is 4. The maximum absolute atomic E-state index is 13.5. The second kappa shape index (κ2) is 12.0.